The third kappa shape index (κ3) is 2.36. The summed E-state index contributed by atoms with van der Waals surface area (Å²) >= 11 is 0. The molecule has 0 fully saturated rings. The van der Waals surface area contributed by atoms with Gasteiger partial charge >= 0.3 is 0 Å². The molecular formula is C17H13FN2O. The van der Waals surface area contributed by atoms with Gasteiger partial charge in [-0.15, -0.1) is 0 Å². The van der Waals surface area contributed by atoms with Crippen LogP contribution < -0.4 is 0 Å². The minimum atomic E-state index is -0.451. The summed E-state index contributed by atoms with van der Waals surface area (Å²) in [6.07, 6.45) is 2.84. The van der Waals surface area contributed by atoms with E-state index >= 15 is 0 Å². The summed E-state index contributed by atoms with van der Waals surface area (Å²) in [4.78, 5) is 12.0. The second kappa shape index (κ2) is 5.32. The predicted octanol–water partition coefficient (Wildman–Crippen LogP) is 3.28. The first-order valence-corrected chi connectivity index (χ1v) is 6.54. The van der Waals surface area contributed by atoms with Crippen molar-refractivity contribution in [2.24, 2.45) is 5.10 Å². The summed E-state index contributed by atoms with van der Waals surface area (Å²) in [7, 11) is 0. The molecule has 1 unspecified atom stereocenters. The number of rotatable bonds is 2. The number of hydrogen-bond acceptors (Lipinski definition) is 2. The van der Waals surface area contributed by atoms with Crippen LogP contribution in [0.5, 0.6) is 0 Å². The quantitative estimate of drug-likeness (QED) is 0.777. The van der Waals surface area contributed by atoms with Gasteiger partial charge in [0.1, 0.15) is 11.9 Å². The van der Waals surface area contributed by atoms with E-state index in [1.54, 1.807) is 18.3 Å². The number of nitrogens with zero attached hydrogens (tertiary/aromatic N) is 2. The number of carbonyl (C=O) groups excluding carboxylic acids is 1. The predicted molar refractivity (Wildman–Crippen MR) is 79.3 cm³/mol. The Morgan fingerprint density at radius 3 is 2.81 bits per heavy atom. The molecule has 1 aliphatic heterocycles. The van der Waals surface area contributed by atoms with Gasteiger partial charge in [0.25, 0.3) is 5.91 Å². The van der Waals surface area contributed by atoms with Crippen LogP contribution in [-0.4, -0.2) is 17.1 Å². The molecule has 104 valence electrons. The minimum absolute atomic E-state index is 0.324. The number of benzene rings is 2. The third-order valence-corrected chi connectivity index (χ3v) is 3.42. The lowest BCUT2D eigenvalue weighted by atomic mass is 9.93. The zero-order valence-electron chi connectivity index (χ0n) is 11.2. The van der Waals surface area contributed by atoms with Crippen molar-refractivity contribution < 1.29 is 9.18 Å². The lowest BCUT2D eigenvalue weighted by Crippen LogP contribution is -2.33. The number of halogens is 1. The molecular weight excluding hydrogens is 267 g/mol. The van der Waals surface area contributed by atoms with E-state index in [1.807, 2.05) is 24.3 Å². The van der Waals surface area contributed by atoms with E-state index < -0.39 is 6.04 Å². The smallest absolute Gasteiger partial charge is 0.266 e. The molecule has 0 saturated carbocycles. The fourth-order valence-corrected chi connectivity index (χ4v) is 2.48. The van der Waals surface area contributed by atoms with Crippen LogP contribution in [0.3, 0.4) is 0 Å². The first kappa shape index (κ1) is 13.2. The Morgan fingerprint density at radius 2 is 2.05 bits per heavy atom. The maximum absolute atomic E-state index is 13.5. The molecule has 0 spiro atoms. The summed E-state index contributed by atoms with van der Waals surface area (Å²) < 4.78 is 13.5. The van der Waals surface area contributed by atoms with Gasteiger partial charge in [0.05, 0.1) is 6.21 Å². The van der Waals surface area contributed by atoms with Gasteiger partial charge in [0, 0.05) is 5.56 Å². The van der Waals surface area contributed by atoms with E-state index in [4.69, 9.17) is 0 Å². The lowest BCUT2D eigenvalue weighted by Gasteiger charge is -2.31. The summed E-state index contributed by atoms with van der Waals surface area (Å²) in [5.74, 6) is -0.666. The minimum Gasteiger partial charge on any atom is -0.268 e. The van der Waals surface area contributed by atoms with Crippen molar-refractivity contribution in [1.82, 2.24) is 5.01 Å². The Balaban J connectivity index is 2.17. The van der Waals surface area contributed by atoms with E-state index in [1.165, 1.54) is 23.2 Å². The van der Waals surface area contributed by atoms with E-state index in [2.05, 4.69) is 11.7 Å². The van der Waals surface area contributed by atoms with Crippen LogP contribution in [0.25, 0.3) is 0 Å². The fourth-order valence-electron chi connectivity index (χ4n) is 2.48. The first-order valence-electron chi connectivity index (χ1n) is 6.54. The van der Waals surface area contributed by atoms with Gasteiger partial charge in [-0.2, -0.15) is 5.10 Å². The summed E-state index contributed by atoms with van der Waals surface area (Å²) in [5.41, 5.74) is 2.50. The highest BCUT2D eigenvalue weighted by Crippen LogP contribution is 2.33. The molecule has 3 nitrogen and oxygen atoms in total. The van der Waals surface area contributed by atoms with Crippen LogP contribution in [0.2, 0.25) is 0 Å². The fraction of sp³-hybridized carbons (Fsp3) is 0.0588. The Bertz CT molecular complexity index is 739. The standard InChI is InChI=1S/C17H13FN2O/c1-2-16(21)20-17(12-7-5-8-14(18)10-12)15-9-4-3-6-13(15)11-19-20/h2-11,17H,1H2. The first-order chi connectivity index (χ1) is 10.2. The molecule has 0 saturated heterocycles. The van der Waals surface area contributed by atoms with Gasteiger partial charge in [-0.05, 0) is 29.3 Å². The van der Waals surface area contributed by atoms with Crippen molar-refractivity contribution in [3.63, 3.8) is 0 Å². The molecule has 0 aliphatic carbocycles. The molecule has 3 rings (SSSR count). The zero-order chi connectivity index (χ0) is 14.8. The van der Waals surface area contributed by atoms with Gasteiger partial charge in [-0.25, -0.2) is 9.40 Å². The van der Waals surface area contributed by atoms with E-state index in [-0.39, 0.29) is 11.7 Å². The maximum Gasteiger partial charge on any atom is 0.266 e. The van der Waals surface area contributed by atoms with E-state index in [0.717, 1.165) is 11.1 Å². The Labute approximate surface area is 122 Å². The Hall–Kier alpha value is -2.75. The summed E-state index contributed by atoms with van der Waals surface area (Å²) in [5, 5.41) is 5.52. The van der Waals surface area contributed by atoms with Crippen LogP contribution in [-0.2, 0) is 4.79 Å². The molecule has 0 aromatic heterocycles. The normalized spacial score (nSPS) is 16.4. The van der Waals surface area contributed by atoms with Crippen molar-refractivity contribution in [2.45, 2.75) is 6.04 Å². The Morgan fingerprint density at radius 1 is 1.24 bits per heavy atom. The lowest BCUT2D eigenvalue weighted by molar-refractivity contribution is -0.127. The van der Waals surface area contributed by atoms with Crippen molar-refractivity contribution in [3.05, 3.63) is 83.7 Å². The monoisotopic (exact) mass is 280 g/mol. The molecule has 0 radical (unpaired) electrons. The highest BCUT2D eigenvalue weighted by molar-refractivity contribution is 5.91. The Kier molecular flexibility index (Phi) is 3.36. The molecule has 0 N–H and O–H groups in total. The van der Waals surface area contributed by atoms with Gasteiger partial charge in [-0.3, -0.25) is 4.79 Å². The zero-order valence-corrected chi connectivity index (χ0v) is 11.2. The molecule has 1 heterocycles. The molecule has 4 heteroatoms. The second-order valence-electron chi connectivity index (χ2n) is 4.72. The maximum atomic E-state index is 13.5. The largest absolute Gasteiger partial charge is 0.268 e. The number of amides is 1. The summed E-state index contributed by atoms with van der Waals surface area (Å²) in [6, 6.07) is 13.4. The third-order valence-electron chi connectivity index (χ3n) is 3.42. The average molecular weight is 280 g/mol. The summed E-state index contributed by atoms with van der Waals surface area (Å²) in [6.45, 7) is 3.50. The van der Waals surface area contributed by atoms with Crippen molar-refractivity contribution in [2.75, 3.05) is 0 Å². The van der Waals surface area contributed by atoms with Gasteiger partial charge in [0.2, 0.25) is 0 Å². The van der Waals surface area contributed by atoms with Gasteiger partial charge in [-0.1, -0.05) is 43.0 Å². The number of carbonyl (C=O) groups is 1. The second-order valence-corrected chi connectivity index (χ2v) is 4.72. The molecule has 21 heavy (non-hydrogen) atoms. The van der Waals surface area contributed by atoms with Crippen LogP contribution in [0.15, 0.2) is 66.3 Å². The van der Waals surface area contributed by atoms with Crippen molar-refractivity contribution in [3.8, 4) is 0 Å². The topological polar surface area (TPSA) is 32.7 Å². The van der Waals surface area contributed by atoms with Gasteiger partial charge in [0.15, 0.2) is 0 Å². The average Bonchev–Trinajstić information content (AvgIpc) is 2.53. The van der Waals surface area contributed by atoms with Crippen LogP contribution in [0.4, 0.5) is 4.39 Å². The highest BCUT2D eigenvalue weighted by Gasteiger charge is 2.29. The molecule has 1 amide bonds. The van der Waals surface area contributed by atoms with Gasteiger partial charge < -0.3 is 0 Å². The molecule has 2 aromatic rings. The number of fused-ring (bicyclic) bond motifs is 1. The van der Waals surface area contributed by atoms with Crippen LogP contribution in [0.1, 0.15) is 22.7 Å². The van der Waals surface area contributed by atoms with E-state index in [0.29, 0.717) is 5.56 Å². The highest BCUT2D eigenvalue weighted by atomic mass is 19.1. The molecule has 2 aromatic carbocycles. The van der Waals surface area contributed by atoms with Crippen LogP contribution >= 0.6 is 0 Å². The molecule has 1 atom stereocenters. The van der Waals surface area contributed by atoms with E-state index in [9.17, 15) is 9.18 Å². The van der Waals surface area contributed by atoms with Crippen molar-refractivity contribution >= 4 is 12.1 Å². The number of hydrogen-bond donors (Lipinski definition) is 0. The molecule has 0 bridgehead atoms. The van der Waals surface area contributed by atoms with Crippen molar-refractivity contribution in [1.29, 1.82) is 0 Å². The van der Waals surface area contributed by atoms with Crippen LogP contribution in [0, 0.1) is 5.82 Å². The molecule has 1 aliphatic rings. The SMILES string of the molecule is C=CC(=O)N1N=Cc2ccccc2C1c1cccc(F)c1. The number of hydrazone groups is 1.